The Bertz CT molecular complexity index is 789. The van der Waals surface area contributed by atoms with Crippen LogP contribution in [0.4, 0.5) is 0 Å². The number of aliphatic carboxylic acids is 1. The molecule has 69 heavy (non-hydrogen) atoms. The molecule has 0 amide bonds. The number of hydrogen-bond acceptors (Lipinski definition) is 2. The normalized spacial score (nSPS) is 11.4. The number of carboxylic acids is 1. The molecule has 0 spiro atoms. The van der Waals surface area contributed by atoms with Gasteiger partial charge in [-0.2, -0.15) is 0 Å². The van der Waals surface area contributed by atoms with Crippen LogP contribution in [0.3, 0.4) is 0 Å². The first kappa shape index (κ1) is 71.3. The average molecular weight is 1080 g/mol. The minimum absolute atomic E-state index is 0.232. The fourth-order valence-corrected chi connectivity index (χ4v) is 19.3. The Labute approximate surface area is 446 Å². The monoisotopic (exact) mass is 1080 g/mol. The first-order chi connectivity index (χ1) is 34.1. The summed E-state index contributed by atoms with van der Waals surface area (Å²) in [5.74, 6) is -0.909. The third-order valence-corrected chi connectivity index (χ3v) is 24.7. The summed E-state index contributed by atoms with van der Waals surface area (Å²) in [7, 11) is 0. The van der Waals surface area contributed by atoms with Crippen LogP contribution >= 0.6 is 0 Å². The van der Waals surface area contributed by atoms with Crippen molar-refractivity contribution in [2.45, 2.75) is 413 Å². The zero-order valence-corrected chi connectivity index (χ0v) is 51.8. The Morgan fingerprint density at radius 3 is 0.493 bits per heavy atom. The molecular weight excluding hydrogens is 943 g/mol. The Balaban J connectivity index is 0. The maximum atomic E-state index is 10.1. The van der Waals surface area contributed by atoms with E-state index in [2.05, 4.69) is 27.7 Å². The van der Waals surface area contributed by atoms with E-state index >= 15 is 0 Å². The fourth-order valence-electron chi connectivity index (χ4n) is 10.7. The van der Waals surface area contributed by atoms with Gasteiger partial charge in [-0.25, -0.2) is 0 Å². The van der Waals surface area contributed by atoms with Crippen LogP contribution in [0.5, 0.6) is 0 Å². The molecule has 0 heterocycles. The first-order valence-corrected chi connectivity index (χ1v) is 39.2. The van der Waals surface area contributed by atoms with Gasteiger partial charge in [0.15, 0.2) is 0 Å². The summed E-state index contributed by atoms with van der Waals surface area (Å²) in [5.41, 5.74) is 0. The number of rotatable bonds is 61. The fraction of sp³-hybridized carbons (Fsp3) is 0.985. The summed E-state index contributed by atoms with van der Waals surface area (Å²) in [5, 5.41) is 10.1. The maximum absolute atomic E-state index is 10.1. The predicted octanol–water partition coefficient (Wildman–Crippen LogP) is 23.9. The van der Waals surface area contributed by atoms with E-state index in [0.717, 1.165) is 12.8 Å². The van der Waals surface area contributed by atoms with E-state index in [1.165, 1.54) is 315 Å². The van der Waals surface area contributed by atoms with Crippen LogP contribution in [0.15, 0.2) is 0 Å². The Morgan fingerprint density at radius 1 is 0.217 bits per heavy atom. The van der Waals surface area contributed by atoms with Gasteiger partial charge in [-0.3, -0.25) is 0 Å². The molecule has 0 saturated carbocycles. The van der Waals surface area contributed by atoms with Crippen LogP contribution in [0.2, 0.25) is 13.3 Å². The van der Waals surface area contributed by atoms with Crippen molar-refractivity contribution in [1.29, 1.82) is 0 Å². The van der Waals surface area contributed by atoms with E-state index in [4.69, 9.17) is 0 Å². The molecule has 0 saturated heterocycles. The van der Waals surface area contributed by atoms with Gasteiger partial charge in [0.05, 0.1) is 0 Å². The van der Waals surface area contributed by atoms with Crippen molar-refractivity contribution in [2.24, 2.45) is 0 Å². The molecule has 0 aromatic carbocycles. The van der Waals surface area contributed by atoms with E-state index in [1.807, 2.05) is 0 Å². The van der Waals surface area contributed by atoms with E-state index < -0.39 is 25.7 Å². The molecule has 0 aromatic heterocycles. The molecule has 0 atom stereocenters. The Hall–Kier alpha value is 0.269. The second-order valence-electron chi connectivity index (χ2n) is 22.9. The van der Waals surface area contributed by atoms with Gasteiger partial charge >= 0.3 is 245 Å². The molecule has 0 aliphatic carbocycles. The van der Waals surface area contributed by atoms with Crippen molar-refractivity contribution in [1.82, 2.24) is 0 Å². The summed E-state index contributed by atoms with van der Waals surface area (Å²) in [4.78, 5) is 10.1. The van der Waals surface area contributed by atoms with Crippen LogP contribution in [0.1, 0.15) is 400 Å². The van der Waals surface area contributed by atoms with Crippen LogP contribution in [-0.4, -0.2) is 25.7 Å². The van der Waals surface area contributed by atoms with Gasteiger partial charge in [0.1, 0.15) is 0 Å². The Morgan fingerprint density at radius 2 is 0.348 bits per heavy atom. The van der Waals surface area contributed by atoms with Crippen molar-refractivity contribution in [2.75, 3.05) is 0 Å². The van der Waals surface area contributed by atoms with E-state index in [9.17, 15) is 9.90 Å². The van der Waals surface area contributed by atoms with Gasteiger partial charge in [0.2, 0.25) is 0 Å². The van der Waals surface area contributed by atoms with Gasteiger partial charge in [0, 0.05) is 5.97 Å². The molecule has 0 aromatic rings. The van der Waals surface area contributed by atoms with E-state index in [-0.39, 0.29) is 6.42 Å². The number of carbonyl (C=O) groups is 1. The van der Waals surface area contributed by atoms with Gasteiger partial charge in [-0.05, 0) is 12.8 Å². The molecule has 0 fully saturated rings. The van der Waals surface area contributed by atoms with Crippen molar-refractivity contribution in [3.8, 4) is 0 Å². The summed E-state index contributed by atoms with van der Waals surface area (Å²) < 4.78 is 5.20. The van der Waals surface area contributed by atoms with E-state index in [1.54, 1.807) is 51.8 Å². The molecular formula is C66H134O2Sn. The SMILES string of the molecule is CCCCCCCCCCCC(=O)[O-].CCCCCCCCCCCCCCCCC[CH2][Sn+]([CH2]CCCCCCCCCCCCCCCCC)[CH2]CCCCCCCCCCCCCCCCC. The minimum Gasteiger partial charge on any atom is -0.0654 e. The summed E-state index contributed by atoms with van der Waals surface area (Å²) in [6, 6.07) is 0. The molecule has 0 N–H and O–H groups in total. The number of hydrogen-bond donors (Lipinski definition) is 0. The van der Waals surface area contributed by atoms with Gasteiger partial charge in [0.25, 0.3) is 0 Å². The van der Waals surface area contributed by atoms with Gasteiger partial charge in [-0.1, -0.05) is 175 Å². The topological polar surface area (TPSA) is 40.1 Å². The Kier molecular flexibility index (Phi) is 70.6. The third-order valence-electron chi connectivity index (χ3n) is 15.6. The number of carboxylic acid groups (broad SMARTS) is 1. The predicted molar refractivity (Wildman–Crippen MR) is 316 cm³/mol. The molecule has 0 unspecified atom stereocenters. The zero-order valence-electron chi connectivity index (χ0n) is 49.0. The molecule has 0 bridgehead atoms. The summed E-state index contributed by atoms with van der Waals surface area (Å²) in [6.07, 6.45) is 83.2. The summed E-state index contributed by atoms with van der Waals surface area (Å²) >= 11 is -1.16. The molecule has 0 radical (unpaired) electrons. The number of unbranched alkanes of at least 4 members (excludes halogenated alkanes) is 53. The van der Waals surface area contributed by atoms with Crippen LogP contribution < -0.4 is 5.11 Å². The van der Waals surface area contributed by atoms with Crippen LogP contribution in [-0.2, 0) is 4.79 Å². The molecule has 3 heteroatoms. The zero-order chi connectivity index (χ0) is 50.3. The molecule has 414 valence electrons. The second-order valence-corrected chi connectivity index (χ2v) is 31.4. The third kappa shape index (κ3) is 70.4. The van der Waals surface area contributed by atoms with Crippen LogP contribution in [0.25, 0.3) is 0 Å². The first-order valence-electron chi connectivity index (χ1n) is 33.2. The second kappa shape index (κ2) is 68.3. The molecule has 2 nitrogen and oxygen atoms in total. The molecule has 0 aliphatic heterocycles. The standard InChI is InChI=1S/3C18H37.C12H24O2.Sn/c3*1-3-5-7-9-11-13-15-17-18-16-14-12-10-8-6-4-2;1-2-3-4-5-6-7-8-9-10-11-12(13)14;/h3*1,3-18H2,2H3;2-11H2,1H3,(H,13,14);/q;;;;+1/p-1. The smallest absolute Gasteiger partial charge is 0.0654 e. The van der Waals surface area contributed by atoms with E-state index in [0.29, 0.717) is 0 Å². The van der Waals surface area contributed by atoms with Crippen LogP contribution in [0, 0.1) is 0 Å². The molecule has 0 aliphatic rings. The minimum atomic E-state index is -1.16. The average Bonchev–Trinajstić information content (AvgIpc) is 3.35. The summed E-state index contributed by atoms with van der Waals surface area (Å²) in [6.45, 7) is 9.19. The van der Waals surface area contributed by atoms with Crippen molar-refractivity contribution in [3.05, 3.63) is 0 Å². The molecule has 0 rings (SSSR count). The number of carbonyl (C=O) groups excluding carboxylic acids is 1. The van der Waals surface area contributed by atoms with Crippen molar-refractivity contribution in [3.63, 3.8) is 0 Å². The van der Waals surface area contributed by atoms with Gasteiger partial charge < -0.3 is 9.90 Å². The van der Waals surface area contributed by atoms with Crippen molar-refractivity contribution < 1.29 is 9.90 Å². The quantitative estimate of drug-likeness (QED) is 0.0450. The van der Waals surface area contributed by atoms with Crippen molar-refractivity contribution >= 4 is 25.7 Å². The van der Waals surface area contributed by atoms with Gasteiger partial charge in [-0.15, -0.1) is 0 Å².